The van der Waals surface area contributed by atoms with Gasteiger partial charge in [-0.2, -0.15) is 0 Å². The Morgan fingerprint density at radius 3 is 2.63 bits per heavy atom. The number of ketones is 1. The van der Waals surface area contributed by atoms with Crippen LogP contribution in [0.15, 0.2) is 54.9 Å². The zero-order valence-corrected chi connectivity index (χ0v) is 10.5. The Kier molecular flexibility index (Phi) is 2.80. The van der Waals surface area contributed by atoms with Gasteiger partial charge in [0.05, 0.1) is 0 Å². The maximum Gasteiger partial charge on any atom is 0.213 e. The molecule has 0 radical (unpaired) electrons. The number of hydrogen-bond acceptors (Lipinski definition) is 3. The first-order valence-corrected chi connectivity index (χ1v) is 6.07. The number of carbonyl (C=O) groups excluding carboxylic acids is 1. The van der Waals surface area contributed by atoms with Gasteiger partial charge in [0.1, 0.15) is 5.69 Å². The van der Waals surface area contributed by atoms with Crippen LogP contribution in [0.25, 0.3) is 10.8 Å². The Morgan fingerprint density at radius 2 is 1.84 bits per heavy atom. The first kappa shape index (κ1) is 11.5. The zero-order valence-electron chi connectivity index (χ0n) is 10.5. The summed E-state index contributed by atoms with van der Waals surface area (Å²) in [6, 6.07) is 13.3. The van der Waals surface area contributed by atoms with Crippen LogP contribution in [-0.4, -0.2) is 15.8 Å². The van der Waals surface area contributed by atoms with E-state index in [2.05, 4.69) is 9.97 Å². The Balaban J connectivity index is 2.14. The van der Waals surface area contributed by atoms with E-state index < -0.39 is 0 Å². The third kappa shape index (κ3) is 2.10. The van der Waals surface area contributed by atoms with Crippen LogP contribution >= 0.6 is 0 Å². The average molecular weight is 248 g/mol. The summed E-state index contributed by atoms with van der Waals surface area (Å²) >= 11 is 0. The second-order valence-electron chi connectivity index (χ2n) is 4.40. The molecule has 0 aliphatic carbocycles. The fraction of sp³-hybridized carbons (Fsp3) is 0.0625. The molecule has 0 N–H and O–H groups in total. The maximum atomic E-state index is 12.5. The van der Waals surface area contributed by atoms with Crippen molar-refractivity contribution in [2.45, 2.75) is 6.92 Å². The lowest BCUT2D eigenvalue weighted by Gasteiger charge is -2.04. The second kappa shape index (κ2) is 4.61. The number of hydrogen-bond donors (Lipinski definition) is 0. The summed E-state index contributed by atoms with van der Waals surface area (Å²) in [5.41, 5.74) is 1.93. The number of aromatic nitrogens is 2. The van der Waals surface area contributed by atoms with Gasteiger partial charge in [0, 0.05) is 29.0 Å². The average Bonchev–Trinajstić information content (AvgIpc) is 2.47. The van der Waals surface area contributed by atoms with Crippen molar-refractivity contribution in [3.63, 3.8) is 0 Å². The molecule has 19 heavy (non-hydrogen) atoms. The summed E-state index contributed by atoms with van der Waals surface area (Å²) < 4.78 is 0. The predicted octanol–water partition coefficient (Wildman–Crippen LogP) is 3.17. The molecule has 3 nitrogen and oxygen atoms in total. The summed E-state index contributed by atoms with van der Waals surface area (Å²) in [4.78, 5) is 20.9. The summed E-state index contributed by atoms with van der Waals surface area (Å²) in [5.74, 6) is -0.0932. The largest absolute Gasteiger partial charge is 0.287 e. The fourth-order valence-corrected chi connectivity index (χ4v) is 2.04. The van der Waals surface area contributed by atoms with Gasteiger partial charge in [-0.15, -0.1) is 0 Å². The van der Waals surface area contributed by atoms with Crippen molar-refractivity contribution in [3.8, 4) is 0 Å². The minimum absolute atomic E-state index is 0.0932. The molecule has 0 saturated carbocycles. The Labute approximate surface area is 111 Å². The van der Waals surface area contributed by atoms with E-state index in [1.807, 2.05) is 43.3 Å². The third-order valence-electron chi connectivity index (χ3n) is 3.06. The molecule has 0 bridgehead atoms. The topological polar surface area (TPSA) is 42.9 Å². The highest BCUT2D eigenvalue weighted by Crippen LogP contribution is 2.19. The first-order chi connectivity index (χ1) is 9.25. The normalized spacial score (nSPS) is 10.6. The van der Waals surface area contributed by atoms with Crippen molar-refractivity contribution in [2.75, 3.05) is 0 Å². The van der Waals surface area contributed by atoms with Gasteiger partial charge in [-0.1, -0.05) is 24.3 Å². The van der Waals surface area contributed by atoms with E-state index in [0.29, 0.717) is 11.3 Å². The zero-order chi connectivity index (χ0) is 13.2. The molecule has 2 aromatic heterocycles. The van der Waals surface area contributed by atoms with Crippen molar-refractivity contribution in [2.24, 2.45) is 0 Å². The van der Waals surface area contributed by atoms with Crippen molar-refractivity contribution < 1.29 is 4.79 Å². The summed E-state index contributed by atoms with van der Waals surface area (Å²) in [7, 11) is 0. The fourth-order valence-electron chi connectivity index (χ4n) is 2.04. The van der Waals surface area contributed by atoms with Crippen LogP contribution in [0.2, 0.25) is 0 Å². The molecule has 0 saturated heterocycles. The molecule has 0 amide bonds. The smallest absolute Gasteiger partial charge is 0.213 e. The van der Waals surface area contributed by atoms with Gasteiger partial charge in [0.15, 0.2) is 0 Å². The molecular formula is C16H12N2O. The van der Waals surface area contributed by atoms with Crippen LogP contribution in [0.5, 0.6) is 0 Å². The minimum Gasteiger partial charge on any atom is -0.287 e. The van der Waals surface area contributed by atoms with Crippen LogP contribution in [0.4, 0.5) is 0 Å². The number of carbonyl (C=O) groups is 1. The van der Waals surface area contributed by atoms with Gasteiger partial charge in [0.25, 0.3) is 0 Å². The molecule has 3 aromatic rings. The molecule has 0 aliphatic rings. The Hall–Kier alpha value is -2.55. The summed E-state index contributed by atoms with van der Waals surface area (Å²) in [5, 5.41) is 1.89. The number of benzene rings is 1. The highest BCUT2D eigenvalue weighted by atomic mass is 16.1. The van der Waals surface area contributed by atoms with Crippen molar-refractivity contribution >= 4 is 16.6 Å². The van der Waals surface area contributed by atoms with E-state index in [9.17, 15) is 4.79 Å². The SMILES string of the molecule is Cc1ccc(C(=O)c2nccc3ccccc23)cn1. The third-order valence-corrected chi connectivity index (χ3v) is 3.06. The number of fused-ring (bicyclic) bond motifs is 1. The van der Waals surface area contributed by atoms with Crippen molar-refractivity contribution in [3.05, 3.63) is 71.8 Å². The molecule has 92 valence electrons. The molecule has 0 spiro atoms. The van der Waals surface area contributed by atoms with Gasteiger partial charge in [-0.3, -0.25) is 14.8 Å². The van der Waals surface area contributed by atoms with E-state index in [1.54, 1.807) is 18.5 Å². The minimum atomic E-state index is -0.0932. The lowest BCUT2D eigenvalue weighted by Crippen LogP contribution is -2.05. The van der Waals surface area contributed by atoms with Crippen LogP contribution in [0.3, 0.4) is 0 Å². The van der Waals surface area contributed by atoms with E-state index in [1.165, 1.54) is 0 Å². The molecular weight excluding hydrogens is 236 g/mol. The molecule has 0 fully saturated rings. The lowest BCUT2D eigenvalue weighted by molar-refractivity contribution is 0.103. The molecule has 0 unspecified atom stereocenters. The van der Waals surface area contributed by atoms with E-state index >= 15 is 0 Å². The Morgan fingerprint density at radius 1 is 1.00 bits per heavy atom. The monoisotopic (exact) mass is 248 g/mol. The van der Waals surface area contributed by atoms with Gasteiger partial charge in [-0.25, -0.2) is 0 Å². The van der Waals surface area contributed by atoms with Crippen LogP contribution in [0, 0.1) is 6.92 Å². The number of pyridine rings is 2. The molecule has 0 aliphatic heterocycles. The summed E-state index contributed by atoms with van der Waals surface area (Å²) in [6.07, 6.45) is 3.26. The summed E-state index contributed by atoms with van der Waals surface area (Å²) in [6.45, 7) is 1.89. The first-order valence-electron chi connectivity index (χ1n) is 6.07. The number of rotatable bonds is 2. The van der Waals surface area contributed by atoms with Crippen molar-refractivity contribution in [1.29, 1.82) is 0 Å². The van der Waals surface area contributed by atoms with Crippen LogP contribution < -0.4 is 0 Å². The quantitative estimate of drug-likeness (QED) is 0.654. The number of aryl methyl sites for hydroxylation is 1. The molecule has 3 rings (SSSR count). The molecule has 2 heterocycles. The van der Waals surface area contributed by atoms with E-state index in [-0.39, 0.29) is 5.78 Å². The molecule has 3 heteroatoms. The van der Waals surface area contributed by atoms with Gasteiger partial charge >= 0.3 is 0 Å². The van der Waals surface area contributed by atoms with E-state index in [0.717, 1.165) is 16.5 Å². The van der Waals surface area contributed by atoms with E-state index in [4.69, 9.17) is 0 Å². The standard InChI is InChI=1S/C16H12N2O/c1-11-6-7-13(10-18-11)16(19)15-14-5-3-2-4-12(14)8-9-17-15/h2-10H,1H3. The maximum absolute atomic E-state index is 12.5. The van der Waals surface area contributed by atoms with Gasteiger partial charge in [-0.05, 0) is 30.5 Å². The van der Waals surface area contributed by atoms with Crippen LogP contribution in [-0.2, 0) is 0 Å². The predicted molar refractivity (Wildman–Crippen MR) is 74.1 cm³/mol. The highest BCUT2D eigenvalue weighted by molar-refractivity contribution is 6.14. The second-order valence-corrected chi connectivity index (χ2v) is 4.40. The lowest BCUT2D eigenvalue weighted by atomic mass is 10.0. The molecule has 0 atom stereocenters. The van der Waals surface area contributed by atoms with Gasteiger partial charge in [0.2, 0.25) is 5.78 Å². The van der Waals surface area contributed by atoms with Crippen molar-refractivity contribution in [1.82, 2.24) is 9.97 Å². The number of nitrogens with zero attached hydrogens (tertiary/aromatic N) is 2. The van der Waals surface area contributed by atoms with Crippen LogP contribution in [0.1, 0.15) is 21.7 Å². The van der Waals surface area contributed by atoms with Gasteiger partial charge < -0.3 is 0 Å². The molecule has 1 aromatic carbocycles. The highest BCUT2D eigenvalue weighted by Gasteiger charge is 2.13. The Bertz CT molecular complexity index is 743.